The molecule has 0 aliphatic heterocycles. The van der Waals surface area contributed by atoms with Gasteiger partial charge in [0.25, 0.3) is 0 Å². The zero-order valence-corrected chi connectivity index (χ0v) is 18.5. The van der Waals surface area contributed by atoms with Gasteiger partial charge < -0.3 is 14.8 Å². The van der Waals surface area contributed by atoms with Crippen molar-refractivity contribution in [2.24, 2.45) is 10.9 Å². The fourth-order valence-electron chi connectivity index (χ4n) is 3.79. The van der Waals surface area contributed by atoms with Crippen LogP contribution in [0.15, 0.2) is 52.3 Å². The molecule has 0 amide bonds. The highest BCUT2D eigenvalue weighted by Gasteiger charge is 2.57. The van der Waals surface area contributed by atoms with Crippen LogP contribution in [0.3, 0.4) is 0 Å². The molecule has 5 nitrogen and oxygen atoms in total. The highest BCUT2D eigenvalue weighted by Crippen LogP contribution is 2.44. The van der Waals surface area contributed by atoms with Crippen LogP contribution in [0.4, 0.5) is 23.2 Å². The number of nitrogens with zero attached hydrogens (tertiary/aromatic N) is 1. The summed E-state index contributed by atoms with van der Waals surface area (Å²) in [5, 5.41) is 11.3. The Hall–Kier alpha value is -3.20. The third-order valence-corrected chi connectivity index (χ3v) is 6.06. The minimum Gasteiger partial charge on any atom is -0.493 e. The Labute approximate surface area is 187 Å². The molecule has 1 aromatic heterocycles. The fourth-order valence-corrected chi connectivity index (χ4v) is 3.79. The molecule has 3 rings (SSSR count). The van der Waals surface area contributed by atoms with Gasteiger partial charge in [-0.1, -0.05) is 32.0 Å². The van der Waals surface area contributed by atoms with Crippen LogP contribution in [-0.2, 0) is 0 Å². The molecule has 3 unspecified atom stereocenters. The zero-order valence-electron chi connectivity index (χ0n) is 18.5. The summed E-state index contributed by atoms with van der Waals surface area (Å²) in [6.07, 6.45) is -4.61. The number of methoxy groups -OCH3 is 1. The molecule has 2 aromatic carbocycles. The maximum atomic E-state index is 14.5. The van der Waals surface area contributed by atoms with Crippen LogP contribution in [0.1, 0.15) is 30.9 Å². The number of H-pyrrole nitrogens is 1. The van der Waals surface area contributed by atoms with Crippen LogP contribution >= 0.6 is 0 Å². The van der Waals surface area contributed by atoms with Crippen LogP contribution < -0.4 is 10.3 Å². The van der Waals surface area contributed by atoms with E-state index in [9.17, 15) is 27.5 Å². The summed E-state index contributed by atoms with van der Waals surface area (Å²) < 4.78 is 62.0. The Bertz CT molecular complexity index is 1250. The summed E-state index contributed by atoms with van der Waals surface area (Å²) in [6, 6.07) is 10.2. The van der Waals surface area contributed by atoms with Gasteiger partial charge in [0.05, 0.1) is 18.3 Å². The lowest BCUT2D eigenvalue weighted by Gasteiger charge is -2.36. The van der Waals surface area contributed by atoms with Crippen molar-refractivity contribution in [2.45, 2.75) is 38.5 Å². The lowest BCUT2D eigenvalue weighted by molar-refractivity contribution is -0.246. The molecule has 0 radical (unpaired) electrons. The van der Waals surface area contributed by atoms with E-state index in [0.717, 1.165) is 0 Å². The Kier molecular flexibility index (Phi) is 6.65. The number of aliphatic imine (C=N–C) groups is 1. The number of pyridine rings is 1. The summed E-state index contributed by atoms with van der Waals surface area (Å²) >= 11 is 0. The highest BCUT2D eigenvalue weighted by molar-refractivity contribution is 5.91. The number of aromatic nitrogens is 1. The molecule has 0 fully saturated rings. The van der Waals surface area contributed by atoms with Gasteiger partial charge in [-0.05, 0) is 36.6 Å². The Morgan fingerprint density at radius 1 is 1.12 bits per heavy atom. The monoisotopic (exact) mass is 464 g/mol. The summed E-state index contributed by atoms with van der Waals surface area (Å²) in [6.45, 7) is 4.21. The molecule has 0 spiro atoms. The number of benzene rings is 2. The summed E-state index contributed by atoms with van der Waals surface area (Å²) in [5.41, 5.74) is -2.66. The first-order valence-corrected chi connectivity index (χ1v) is 10.2. The van der Waals surface area contributed by atoms with E-state index in [1.54, 1.807) is 6.07 Å². The zero-order chi connectivity index (χ0) is 24.6. The van der Waals surface area contributed by atoms with Crippen LogP contribution in [0, 0.1) is 18.7 Å². The van der Waals surface area contributed by atoms with E-state index in [4.69, 9.17) is 4.74 Å². The quantitative estimate of drug-likeness (QED) is 0.378. The Balaban J connectivity index is 2.07. The molecule has 0 saturated heterocycles. The van der Waals surface area contributed by atoms with Gasteiger partial charge in [0.15, 0.2) is 17.2 Å². The van der Waals surface area contributed by atoms with E-state index < -0.39 is 29.4 Å². The van der Waals surface area contributed by atoms with E-state index in [0.29, 0.717) is 17.1 Å². The number of alkyl halides is 3. The molecular formula is C24H24F4N2O3. The molecule has 2 N–H and O–H groups in total. The van der Waals surface area contributed by atoms with E-state index >= 15 is 0 Å². The maximum Gasteiger partial charge on any atom is 0.422 e. The SMILES string of the molecule is COc1c(C(C)C(C)C(O)(/C=N/c2cccc3[nH]c(=O)ccc23)C(F)(F)F)ccc(C)c1F. The molecule has 9 heteroatoms. The van der Waals surface area contributed by atoms with Crippen LogP contribution in [-0.4, -0.2) is 35.2 Å². The number of aliphatic hydroxyl groups is 1. The van der Waals surface area contributed by atoms with Crippen molar-refractivity contribution in [3.8, 4) is 5.75 Å². The van der Waals surface area contributed by atoms with Crippen LogP contribution in [0.2, 0.25) is 0 Å². The van der Waals surface area contributed by atoms with Crippen molar-refractivity contribution in [3.63, 3.8) is 0 Å². The summed E-state index contributed by atoms with van der Waals surface area (Å²) in [7, 11) is 1.24. The van der Waals surface area contributed by atoms with Gasteiger partial charge in [-0.15, -0.1) is 0 Å². The van der Waals surface area contributed by atoms with E-state index in [-0.39, 0.29) is 28.1 Å². The van der Waals surface area contributed by atoms with Gasteiger partial charge in [0.1, 0.15) is 0 Å². The second-order valence-electron chi connectivity index (χ2n) is 8.04. The topological polar surface area (TPSA) is 74.7 Å². The predicted octanol–water partition coefficient (Wildman–Crippen LogP) is 5.42. The number of rotatable bonds is 6. The molecule has 3 atom stereocenters. The third kappa shape index (κ3) is 4.50. The average molecular weight is 464 g/mol. The molecule has 3 aromatic rings. The van der Waals surface area contributed by atoms with Crippen molar-refractivity contribution in [2.75, 3.05) is 7.11 Å². The number of halogens is 4. The Morgan fingerprint density at radius 2 is 1.82 bits per heavy atom. The predicted molar refractivity (Wildman–Crippen MR) is 119 cm³/mol. The molecule has 33 heavy (non-hydrogen) atoms. The van der Waals surface area contributed by atoms with Gasteiger partial charge in [-0.2, -0.15) is 13.2 Å². The largest absolute Gasteiger partial charge is 0.493 e. The normalized spacial score (nSPS) is 16.0. The molecular weight excluding hydrogens is 440 g/mol. The first kappa shape index (κ1) is 24.4. The second kappa shape index (κ2) is 8.97. The minimum atomic E-state index is -5.07. The number of aryl methyl sites for hydroxylation is 1. The highest BCUT2D eigenvalue weighted by atomic mass is 19.4. The lowest BCUT2D eigenvalue weighted by atomic mass is 9.76. The van der Waals surface area contributed by atoms with E-state index in [2.05, 4.69) is 9.98 Å². The fraction of sp³-hybridized carbons (Fsp3) is 0.333. The van der Waals surface area contributed by atoms with Gasteiger partial charge >= 0.3 is 6.18 Å². The van der Waals surface area contributed by atoms with E-state index in [1.807, 2.05) is 0 Å². The molecule has 176 valence electrons. The van der Waals surface area contributed by atoms with Crippen molar-refractivity contribution in [1.82, 2.24) is 4.98 Å². The number of nitrogens with one attached hydrogen (secondary N) is 1. The van der Waals surface area contributed by atoms with Crippen molar-refractivity contribution < 1.29 is 27.4 Å². The first-order valence-electron chi connectivity index (χ1n) is 10.2. The number of ether oxygens (including phenoxy) is 1. The van der Waals surface area contributed by atoms with Gasteiger partial charge in [-0.25, -0.2) is 4.39 Å². The third-order valence-electron chi connectivity index (χ3n) is 6.06. The molecule has 0 saturated carbocycles. The number of hydrogen-bond acceptors (Lipinski definition) is 4. The average Bonchev–Trinajstić information content (AvgIpc) is 2.77. The standard InChI is InChI=1S/C24H24F4N2O3/c1-13-8-9-16(22(33-4)21(13)25)14(2)15(3)23(32,24(26,27)28)12-29-18-6-5-7-19-17(18)10-11-20(31)30-19/h5-12,14-15,32H,1-4H3,(H,30,31)/b29-12+. The molecule has 0 aliphatic rings. The van der Waals surface area contributed by atoms with E-state index in [1.165, 1.54) is 64.3 Å². The second-order valence-corrected chi connectivity index (χ2v) is 8.04. The molecule has 1 heterocycles. The minimum absolute atomic E-state index is 0.144. The smallest absolute Gasteiger partial charge is 0.422 e. The summed E-state index contributed by atoms with van der Waals surface area (Å²) in [4.78, 5) is 18.1. The Morgan fingerprint density at radius 3 is 2.45 bits per heavy atom. The van der Waals surface area contributed by atoms with Crippen molar-refractivity contribution in [3.05, 3.63) is 69.8 Å². The maximum absolute atomic E-state index is 14.5. The van der Waals surface area contributed by atoms with Crippen LogP contribution in [0.25, 0.3) is 10.9 Å². The van der Waals surface area contributed by atoms with Gasteiger partial charge in [0, 0.05) is 29.1 Å². The lowest BCUT2D eigenvalue weighted by Crippen LogP contribution is -2.53. The molecule has 0 aliphatic carbocycles. The summed E-state index contributed by atoms with van der Waals surface area (Å²) in [5.74, 6) is -3.22. The number of fused-ring (bicyclic) bond motifs is 1. The van der Waals surface area contributed by atoms with Crippen molar-refractivity contribution in [1.29, 1.82) is 0 Å². The number of aromatic amines is 1. The molecule has 0 bridgehead atoms. The first-order chi connectivity index (χ1) is 15.4. The number of hydrogen-bond donors (Lipinski definition) is 2. The van der Waals surface area contributed by atoms with Crippen LogP contribution in [0.5, 0.6) is 5.75 Å². The van der Waals surface area contributed by atoms with Gasteiger partial charge in [-0.3, -0.25) is 9.79 Å². The van der Waals surface area contributed by atoms with Crippen molar-refractivity contribution >= 4 is 22.8 Å². The van der Waals surface area contributed by atoms with Gasteiger partial charge in [0.2, 0.25) is 5.56 Å².